The molecule has 9 nitrogen and oxygen atoms in total. The van der Waals surface area contributed by atoms with Crippen molar-refractivity contribution < 1.29 is 33.4 Å². The molecule has 0 radical (unpaired) electrons. The van der Waals surface area contributed by atoms with Gasteiger partial charge < -0.3 is 29.6 Å². The number of hydrogen-bond donors (Lipinski definition) is 3. The van der Waals surface area contributed by atoms with E-state index in [0.717, 1.165) is 24.0 Å². The van der Waals surface area contributed by atoms with E-state index >= 15 is 0 Å². The molecule has 0 fully saturated rings. The molecule has 2 rings (SSSR count). The van der Waals surface area contributed by atoms with Gasteiger partial charge in [0.15, 0.2) is 0 Å². The first kappa shape index (κ1) is 36.4. The highest BCUT2D eigenvalue weighted by Crippen LogP contribution is 2.38. The fourth-order valence-corrected chi connectivity index (χ4v) is 5.48. The molecule has 0 aliphatic heterocycles. The minimum atomic E-state index is -2.03. The van der Waals surface area contributed by atoms with Gasteiger partial charge in [0.1, 0.15) is 17.4 Å². The Morgan fingerprint density at radius 2 is 1.60 bits per heavy atom. The van der Waals surface area contributed by atoms with Crippen LogP contribution in [0.5, 0.6) is 5.75 Å². The molecule has 0 aromatic heterocycles. The Bertz CT molecular complexity index is 1280. The van der Waals surface area contributed by atoms with Crippen LogP contribution in [0.1, 0.15) is 75.6 Å². The molecule has 3 N–H and O–H groups in total. The van der Waals surface area contributed by atoms with E-state index in [2.05, 4.69) is 44.5 Å². The Hall–Kier alpha value is -2.79. The maximum Gasteiger partial charge on any atom is 0.407 e. The first-order valence-electron chi connectivity index (χ1n) is 14.0. The third-order valence-electron chi connectivity index (χ3n) is 7.10. The summed E-state index contributed by atoms with van der Waals surface area (Å²) in [5, 5.41) is 16.0. The Balaban J connectivity index is 2.10. The van der Waals surface area contributed by atoms with Crippen LogP contribution in [0, 0.1) is 0 Å². The first-order chi connectivity index (χ1) is 19.7. The van der Waals surface area contributed by atoms with Crippen molar-refractivity contribution in [2.24, 2.45) is 0 Å². The largest absolute Gasteiger partial charge is 0.543 e. The van der Waals surface area contributed by atoms with Gasteiger partial charge in [-0.2, -0.15) is 0 Å². The monoisotopic (exact) mass is 654 g/mol. The molecule has 43 heavy (non-hydrogen) atoms. The maximum absolute atomic E-state index is 13.1. The van der Waals surface area contributed by atoms with Crippen molar-refractivity contribution in [2.45, 2.75) is 90.3 Å². The quantitative estimate of drug-likeness (QED) is 0.179. The van der Waals surface area contributed by atoms with E-state index in [1.54, 1.807) is 32.9 Å². The van der Waals surface area contributed by atoms with Crippen LogP contribution in [0.2, 0.25) is 28.2 Å². The zero-order chi connectivity index (χ0) is 32.8. The topological polar surface area (TPSA) is 123 Å². The van der Waals surface area contributed by atoms with Gasteiger partial charge in [-0.1, -0.05) is 56.1 Å². The Morgan fingerprint density at radius 3 is 2.14 bits per heavy atom. The first-order valence-corrected chi connectivity index (χ1v) is 17.7. The van der Waals surface area contributed by atoms with Crippen LogP contribution in [0.4, 0.5) is 4.79 Å². The van der Waals surface area contributed by atoms with Gasteiger partial charge in [-0.15, -0.1) is 0 Å². The molecule has 0 bridgehead atoms. The van der Waals surface area contributed by atoms with Crippen LogP contribution >= 0.6 is 23.2 Å². The summed E-state index contributed by atoms with van der Waals surface area (Å²) in [5.74, 6) is -0.765. The number of alkyl carbamates (subject to hydrolysis) is 1. The lowest BCUT2D eigenvalue weighted by Crippen LogP contribution is -2.49. The second-order valence-electron chi connectivity index (χ2n) is 12.9. The van der Waals surface area contributed by atoms with Gasteiger partial charge >= 0.3 is 12.1 Å². The number of methoxy groups -OCH3 is 1. The van der Waals surface area contributed by atoms with E-state index in [9.17, 15) is 19.5 Å². The Morgan fingerprint density at radius 1 is 1.00 bits per heavy atom. The third kappa shape index (κ3) is 11.0. The molecule has 0 saturated carbocycles. The number of aliphatic hydroxyl groups excluding tert-OH is 1. The number of carbonyl (C=O) groups is 3. The summed E-state index contributed by atoms with van der Waals surface area (Å²) in [6.07, 6.45) is -0.710. The van der Waals surface area contributed by atoms with Crippen LogP contribution in [-0.4, -0.2) is 56.7 Å². The number of ether oxygens (including phenoxy) is 2. The lowest BCUT2D eigenvalue weighted by molar-refractivity contribution is -0.142. The predicted octanol–water partition coefficient (Wildman–Crippen LogP) is 6.84. The number of rotatable bonds is 11. The summed E-state index contributed by atoms with van der Waals surface area (Å²) in [4.78, 5) is 37.4. The lowest BCUT2D eigenvalue weighted by atomic mass is 10.00. The average Bonchev–Trinajstić information content (AvgIpc) is 2.87. The van der Waals surface area contributed by atoms with E-state index in [1.165, 1.54) is 0 Å². The molecular weight excluding hydrogens is 611 g/mol. The summed E-state index contributed by atoms with van der Waals surface area (Å²) in [7, 11) is -0.871. The summed E-state index contributed by atoms with van der Waals surface area (Å²) in [5.41, 5.74) is 0.679. The van der Waals surface area contributed by atoms with Gasteiger partial charge in [0.2, 0.25) is 8.32 Å². The van der Waals surface area contributed by atoms with Crippen LogP contribution in [-0.2, 0) is 20.7 Å². The van der Waals surface area contributed by atoms with Crippen molar-refractivity contribution in [1.82, 2.24) is 10.6 Å². The van der Waals surface area contributed by atoms with Gasteiger partial charge in [0.25, 0.3) is 5.91 Å². The number of hydrogen-bond acceptors (Lipinski definition) is 7. The average molecular weight is 656 g/mol. The van der Waals surface area contributed by atoms with Gasteiger partial charge in [-0.25, -0.2) is 9.59 Å². The molecule has 0 spiro atoms. The van der Waals surface area contributed by atoms with Crippen molar-refractivity contribution >= 4 is 49.5 Å². The second-order valence-corrected chi connectivity index (χ2v) is 18.4. The number of amides is 2. The van der Waals surface area contributed by atoms with Crippen LogP contribution in [0.25, 0.3) is 0 Å². The van der Waals surface area contributed by atoms with Crippen LogP contribution < -0.4 is 15.1 Å². The van der Waals surface area contributed by atoms with Gasteiger partial charge in [-0.05, 0) is 87.1 Å². The van der Waals surface area contributed by atoms with Gasteiger partial charge in [-0.3, -0.25) is 4.79 Å². The fraction of sp³-hybridized carbons (Fsp3) is 0.516. The minimum Gasteiger partial charge on any atom is -0.543 e. The van der Waals surface area contributed by atoms with Crippen molar-refractivity contribution in [3.05, 3.63) is 63.1 Å². The van der Waals surface area contributed by atoms with Crippen molar-refractivity contribution in [3.63, 3.8) is 0 Å². The standard InChI is InChI=1S/C31H44Cl2N2O7Si/c1-30(2,3)41-29(39)34-18-24(28(38)40-7)35-27(37)26-22(32)15-19(16-23(26)33)13-14-25(36)20-11-10-12-21(17-20)42-43(8,9)31(4,5)6/h10-12,15-17,24-25,36H,13-14,18H2,1-9H3,(H,34,39)(H,35,37). The predicted molar refractivity (Wildman–Crippen MR) is 172 cm³/mol. The molecule has 12 heteroatoms. The second kappa shape index (κ2) is 14.8. The number of halogens is 2. The summed E-state index contributed by atoms with van der Waals surface area (Å²) in [6.45, 7) is 15.7. The molecular formula is C31H44Cl2N2O7Si. The molecule has 2 unspecified atom stereocenters. The highest BCUT2D eigenvalue weighted by Gasteiger charge is 2.39. The number of nitrogens with one attached hydrogen (secondary N) is 2. The molecule has 2 atom stereocenters. The summed E-state index contributed by atoms with van der Waals surface area (Å²) < 4.78 is 16.3. The summed E-state index contributed by atoms with van der Waals surface area (Å²) >= 11 is 12.9. The highest BCUT2D eigenvalue weighted by molar-refractivity contribution is 6.74. The zero-order valence-electron chi connectivity index (χ0n) is 26.4. The smallest absolute Gasteiger partial charge is 0.407 e. The fourth-order valence-electron chi connectivity index (χ4n) is 3.76. The number of esters is 1. The van der Waals surface area contributed by atoms with E-state index < -0.39 is 44.0 Å². The number of benzene rings is 2. The van der Waals surface area contributed by atoms with E-state index in [-0.39, 0.29) is 27.2 Å². The van der Waals surface area contributed by atoms with E-state index in [4.69, 9.17) is 37.1 Å². The van der Waals surface area contributed by atoms with Crippen molar-refractivity contribution in [1.29, 1.82) is 0 Å². The number of aryl methyl sites for hydroxylation is 1. The molecule has 0 aliphatic rings. The minimum absolute atomic E-state index is 0.0331. The lowest BCUT2D eigenvalue weighted by Gasteiger charge is -2.36. The molecule has 2 aromatic carbocycles. The van der Waals surface area contributed by atoms with Gasteiger partial charge in [0, 0.05) is 0 Å². The van der Waals surface area contributed by atoms with Crippen LogP contribution in [0.3, 0.4) is 0 Å². The SMILES string of the molecule is COC(=O)C(CNC(=O)OC(C)(C)C)NC(=O)c1c(Cl)cc(CCC(O)c2cccc(O[Si](C)(C)C(C)(C)C)c2)cc1Cl. The zero-order valence-corrected chi connectivity index (χ0v) is 28.9. The molecule has 238 valence electrons. The molecule has 0 heterocycles. The Kier molecular flexibility index (Phi) is 12.5. The normalized spacial score (nSPS) is 13.5. The number of carbonyl (C=O) groups excluding carboxylic acids is 3. The van der Waals surface area contributed by atoms with E-state index in [1.807, 2.05) is 24.3 Å². The Labute approximate surface area is 265 Å². The van der Waals surface area contributed by atoms with Crippen molar-refractivity contribution in [3.8, 4) is 5.75 Å². The molecule has 2 amide bonds. The van der Waals surface area contributed by atoms with Gasteiger partial charge in [0.05, 0.1) is 35.4 Å². The van der Waals surface area contributed by atoms with Crippen molar-refractivity contribution in [2.75, 3.05) is 13.7 Å². The number of aliphatic hydroxyl groups is 1. The summed E-state index contributed by atoms with van der Waals surface area (Å²) in [6, 6.07) is 9.46. The van der Waals surface area contributed by atoms with Crippen LogP contribution in [0.15, 0.2) is 36.4 Å². The third-order valence-corrected chi connectivity index (χ3v) is 12.1. The molecule has 0 saturated heterocycles. The maximum atomic E-state index is 13.1. The molecule has 2 aromatic rings. The van der Waals surface area contributed by atoms with E-state index in [0.29, 0.717) is 12.8 Å². The highest BCUT2D eigenvalue weighted by atomic mass is 35.5. The molecule has 0 aliphatic carbocycles.